The molecule has 1 aliphatic heterocycles. The van der Waals surface area contributed by atoms with Crippen molar-refractivity contribution < 1.29 is 13.2 Å². The summed E-state index contributed by atoms with van der Waals surface area (Å²) in [5.41, 5.74) is 1.15. The number of nitrogens with one attached hydrogen (secondary N) is 1. The topological polar surface area (TPSA) is 79.4 Å². The van der Waals surface area contributed by atoms with Crippen LogP contribution in [0.2, 0.25) is 0 Å². The summed E-state index contributed by atoms with van der Waals surface area (Å²) in [5.74, 6) is -0.282. The Morgan fingerprint density at radius 2 is 2.04 bits per heavy atom. The summed E-state index contributed by atoms with van der Waals surface area (Å²) in [5, 5.41) is 2.79. The smallest absolute Gasteiger partial charge is 0.276 e. The van der Waals surface area contributed by atoms with Gasteiger partial charge in [-0.15, -0.1) is 0 Å². The highest BCUT2D eigenvalue weighted by Crippen LogP contribution is 2.43. The van der Waals surface area contributed by atoms with Crippen LogP contribution in [0.25, 0.3) is 0 Å². The van der Waals surface area contributed by atoms with Crippen LogP contribution in [-0.2, 0) is 21.2 Å². The largest absolute Gasteiger partial charge is 0.302 e. The molecule has 23 heavy (non-hydrogen) atoms. The van der Waals surface area contributed by atoms with E-state index >= 15 is 0 Å². The molecule has 0 aliphatic carbocycles. The zero-order valence-electron chi connectivity index (χ0n) is 13.0. The van der Waals surface area contributed by atoms with Crippen molar-refractivity contribution in [1.29, 1.82) is 0 Å². The number of para-hydroxylation sites is 1. The Labute approximate surface area is 139 Å². The average Bonchev–Trinajstić information content (AvgIpc) is 2.98. The van der Waals surface area contributed by atoms with E-state index in [1.807, 2.05) is 38.1 Å². The molecular weight excluding hydrogens is 334 g/mol. The lowest BCUT2D eigenvalue weighted by Crippen LogP contribution is -2.45. The zero-order chi connectivity index (χ0) is 16.8. The highest BCUT2D eigenvalue weighted by Gasteiger charge is 2.44. The van der Waals surface area contributed by atoms with Gasteiger partial charge in [0, 0.05) is 6.92 Å². The van der Waals surface area contributed by atoms with Crippen molar-refractivity contribution in [2.24, 2.45) is 0 Å². The standard InChI is InChI=1S/C15H17N3O3S2/c1-10(19)17-14-16-9-13(22-14)23(20,21)18-12-7-5-4-6-11(12)8-15(18,2)3/h4-7,9H,8H2,1-3H3,(H,16,17,19). The fourth-order valence-electron chi connectivity index (χ4n) is 2.85. The predicted molar refractivity (Wildman–Crippen MR) is 90.3 cm³/mol. The van der Waals surface area contributed by atoms with Crippen molar-refractivity contribution in [3.05, 3.63) is 36.0 Å². The molecule has 1 aromatic carbocycles. The second-order valence-corrected chi connectivity index (χ2v) is 9.10. The van der Waals surface area contributed by atoms with Crippen LogP contribution in [0, 0.1) is 0 Å². The van der Waals surface area contributed by atoms with Gasteiger partial charge in [-0.25, -0.2) is 13.4 Å². The summed E-state index contributed by atoms with van der Waals surface area (Å²) in [6.45, 7) is 5.16. The van der Waals surface area contributed by atoms with Crippen LogP contribution in [0.3, 0.4) is 0 Å². The first kappa shape index (κ1) is 15.9. The first-order valence-corrected chi connectivity index (χ1v) is 9.34. The Bertz CT molecular complexity index is 872. The van der Waals surface area contributed by atoms with E-state index in [9.17, 15) is 13.2 Å². The molecule has 0 saturated carbocycles. The van der Waals surface area contributed by atoms with Gasteiger partial charge in [0.05, 0.1) is 17.4 Å². The zero-order valence-corrected chi connectivity index (χ0v) is 14.7. The van der Waals surface area contributed by atoms with Gasteiger partial charge in [-0.05, 0) is 31.9 Å². The van der Waals surface area contributed by atoms with Gasteiger partial charge >= 0.3 is 0 Å². The minimum Gasteiger partial charge on any atom is -0.302 e. The number of benzene rings is 1. The highest BCUT2D eigenvalue weighted by molar-refractivity contribution is 7.95. The number of thiazole rings is 1. The molecule has 0 unspecified atom stereocenters. The third-order valence-corrected chi connectivity index (χ3v) is 7.02. The Kier molecular flexibility index (Phi) is 3.68. The van der Waals surface area contributed by atoms with Gasteiger partial charge in [0.2, 0.25) is 5.91 Å². The number of fused-ring (bicyclic) bond motifs is 1. The molecule has 6 nitrogen and oxygen atoms in total. The van der Waals surface area contributed by atoms with Crippen LogP contribution in [0.15, 0.2) is 34.7 Å². The molecule has 0 saturated heterocycles. The van der Waals surface area contributed by atoms with E-state index in [0.29, 0.717) is 12.1 Å². The van der Waals surface area contributed by atoms with Crippen LogP contribution >= 0.6 is 11.3 Å². The van der Waals surface area contributed by atoms with Gasteiger partial charge < -0.3 is 5.32 Å². The molecular formula is C15H17N3O3S2. The molecule has 2 heterocycles. The monoisotopic (exact) mass is 351 g/mol. The van der Waals surface area contributed by atoms with Crippen molar-refractivity contribution in [3.63, 3.8) is 0 Å². The number of nitrogens with zero attached hydrogens (tertiary/aromatic N) is 2. The van der Waals surface area contributed by atoms with Gasteiger partial charge in [-0.1, -0.05) is 29.5 Å². The summed E-state index contributed by atoms with van der Waals surface area (Å²) in [6.07, 6.45) is 1.95. The normalized spacial score (nSPS) is 16.2. The minimum absolute atomic E-state index is 0.117. The maximum Gasteiger partial charge on any atom is 0.276 e. The summed E-state index contributed by atoms with van der Waals surface area (Å²) in [4.78, 5) is 15.1. The molecule has 2 aromatic rings. The number of rotatable bonds is 3. The summed E-state index contributed by atoms with van der Waals surface area (Å²) in [7, 11) is -3.74. The Hall–Kier alpha value is -1.93. The lowest BCUT2D eigenvalue weighted by Gasteiger charge is -2.32. The molecule has 1 aliphatic rings. The van der Waals surface area contributed by atoms with Crippen LogP contribution in [0.4, 0.5) is 10.8 Å². The number of hydrogen-bond donors (Lipinski definition) is 1. The molecule has 0 fully saturated rings. The van der Waals surface area contributed by atoms with Gasteiger partial charge in [0.1, 0.15) is 0 Å². The van der Waals surface area contributed by atoms with Gasteiger partial charge in [-0.2, -0.15) is 0 Å². The summed E-state index contributed by atoms with van der Waals surface area (Å²) >= 11 is 0.958. The van der Waals surface area contributed by atoms with E-state index in [-0.39, 0.29) is 15.2 Å². The van der Waals surface area contributed by atoms with Crippen LogP contribution in [0.1, 0.15) is 26.3 Å². The average molecular weight is 351 g/mol. The minimum atomic E-state index is -3.74. The van der Waals surface area contributed by atoms with Crippen LogP contribution in [-0.4, -0.2) is 24.8 Å². The van der Waals surface area contributed by atoms with E-state index in [1.165, 1.54) is 17.4 Å². The number of carbonyl (C=O) groups excluding carboxylic acids is 1. The van der Waals surface area contributed by atoms with Crippen molar-refractivity contribution >= 4 is 38.1 Å². The first-order valence-electron chi connectivity index (χ1n) is 7.08. The molecule has 0 atom stereocenters. The van der Waals surface area contributed by atoms with E-state index in [4.69, 9.17) is 0 Å². The number of amides is 1. The number of aromatic nitrogens is 1. The number of carbonyl (C=O) groups is 1. The summed E-state index contributed by atoms with van der Waals surface area (Å²) in [6, 6.07) is 7.50. The third kappa shape index (κ3) is 2.72. The number of anilines is 2. The summed E-state index contributed by atoms with van der Waals surface area (Å²) < 4.78 is 27.8. The third-order valence-electron chi connectivity index (χ3n) is 3.65. The quantitative estimate of drug-likeness (QED) is 0.922. The molecule has 8 heteroatoms. The number of hydrogen-bond acceptors (Lipinski definition) is 5. The second kappa shape index (κ2) is 5.31. The van der Waals surface area contributed by atoms with Gasteiger partial charge in [0.25, 0.3) is 10.0 Å². The molecule has 3 rings (SSSR count). The van der Waals surface area contributed by atoms with Crippen molar-refractivity contribution in [2.75, 3.05) is 9.62 Å². The first-order chi connectivity index (χ1) is 10.7. The maximum atomic E-state index is 13.1. The lowest BCUT2D eigenvalue weighted by molar-refractivity contribution is -0.114. The van der Waals surface area contributed by atoms with E-state index in [0.717, 1.165) is 16.9 Å². The molecule has 1 N–H and O–H groups in total. The van der Waals surface area contributed by atoms with Crippen molar-refractivity contribution in [2.45, 2.75) is 36.9 Å². The van der Waals surface area contributed by atoms with Gasteiger partial charge in [0.15, 0.2) is 9.34 Å². The molecule has 122 valence electrons. The van der Waals surface area contributed by atoms with E-state index in [2.05, 4.69) is 10.3 Å². The highest BCUT2D eigenvalue weighted by atomic mass is 32.2. The van der Waals surface area contributed by atoms with E-state index < -0.39 is 15.6 Å². The van der Waals surface area contributed by atoms with E-state index in [1.54, 1.807) is 0 Å². The Morgan fingerprint density at radius 3 is 2.74 bits per heavy atom. The molecule has 1 amide bonds. The number of sulfonamides is 1. The lowest BCUT2D eigenvalue weighted by atomic mass is 10.0. The molecule has 0 radical (unpaired) electrons. The van der Waals surface area contributed by atoms with Crippen molar-refractivity contribution in [3.8, 4) is 0 Å². The maximum absolute atomic E-state index is 13.1. The SMILES string of the molecule is CC(=O)Nc1ncc(S(=O)(=O)N2c3ccccc3CC2(C)C)s1. The predicted octanol–water partition coefficient (Wildman–Crippen LogP) is 2.63. The van der Waals surface area contributed by atoms with Crippen molar-refractivity contribution in [1.82, 2.24) is 4.98 Å². The fourth-order valence-corrected chi connectivity index (χ4v) is 5.85. The molecule has 0 spiro atoms. The Morgan fingerprint density at radius 1 is 1.35 bits per heavy atom. The fraction of sp³-hybridized carbons (Fsp3) is 0.333. The Balaban J connectivity index is 2.05. The molecule has 1 aromatic heterocycles. The van der Waals surface area contributed by atoms with Crippen LogP contribution in [0.5, 0.6) is 0 Å². The van der Waals surface area contributed by atoms with Gasteiger partial charge in [-0.3, -0.25) is 9.10 Å². The molecule has 0 bridgehead atoms. The van der Waals surface area contributed by atoms with Crippen LogP contribution < -0.4 is 9.62 Å². The second-order valence-electron chi connectivity index (χ2n) is 6.05.